The normalized spacial score (nSPS) is 14.8. The van der Waals surface area contributed by atoms with E-state index in [1.54, 1.807) is 13.2 Å². The molecule has 1 aliphatic rings. The lowest BCUT2D eigenvalue weighted by Gasteiger charge is -2.33. The number of aromatic nitrogens is 2. The summed E-state index contributed by atoms with van der Waals surface area (Å²) in [6.45, 7) is 7.48. The zero-order valence-electron chi connectivity index (χ0n) is 18.7. The van der Waals surface area contributed by atoms with Crippen molar-refractivity contribution in [1.82, 2.24) is 19.9 Å². The molecule has 1 aliphatic heterocycles. The van der Waals surface area contributed by atoms with Crippen LogP contribution in [0.25, 0.3) is 17.5 Å². The van der Waals surface area contributed by atoms with Crippen molar-refractivity contribution in [3.8, 4) is 17.1 Å². The van der Waals surface area contributed by atoms with Crippen molar-refractivity contribution >= 4 is 12.0 Å². The van der Waals surface area contributed by atoms with Gasteiger partial charge >= 0.3 is 0 Å². The van der Waals surface area contributed by atoms with Crippen molar-refractivity contribution in [1.29, 1.82) is 0 Å². The van der Waals surface area contributed by atoms with Crippen LogP contribution in [0.1, 0.15) is 22.6 Å². The highest BCUT2D eigenvalue weighted by Gasteiger charge is 2.21. The Morgan fingerprint density at radius 2 is 1.78 bits per heavy atom. The third-order valence-corrected chi connectivity index (χ3v) is 5.61. The Morgan fingerprint density at radius 1 is 1.06 bits per heavy atom. The lowest BCUT2D eigenvalue weighted by atomic mass is 10.1. The van der Waals surface area contributed by atoms with Crippen molar-refractivity contribution in [2.24, 2.45) is 0 Å². The quantitative estimate of drug-likeness (QED) is 0.553. The number of hydrogen-bond donors (Lipinski definition) is 0. The van der Waals surface area contributed by atoms with Crippen molar-refractivity contribution in [2.45, 2.75) is 20.4 Å². The first-order chi connectivity index (χ1) is 15.5. The standard InChI is InChI=1S/C25H28N4O3/c1-18-4-7-20(8-5-18)25-26-23(32-27-25)17-28-12-14-29(15-13-28)24(30)11-9-21-16-19(2)6-10-22(21)31-3/h4-11,16H,12-15,17H2,1-3H3. The molecule has 3 aromatic rings. The molecule has 0 spiro atoms. The minimum Gasteiger partial charge on any atom is -0.496 e. The Bertz CT molecular complexity index is 1100. The largest absolute Gasteiger partial charge is 0.496 e. The first-order valence-electron chi connectivity index (χ1n) is 10.8. The van der Waals surface area contributed by atoms with Gasteiger partial charge in [0, 0.05) is 43.4 Å². The average Bonchev–Trinajstić information content (AvgIpc) is 3.27. The maximum absolute atomic E-state index is 12.6. The molecule has 1 aromatic heterocycles. The van der Waals surface area contributed by atoms with E-state index in [0.29, 0.717) is 31.3 Å². The Labute approximate surface area is 188 Å². The van der Waals surface area contributed by atoms with Gasteiger partial charge in [-0.25, -0.2) is 0 Å². The smallest absolute Gasteiger partial charge is 0.246 e. The molecule has 32 heavy (non-hydrogen) atoms. The predicted molar refractivity (Wildman–Crippen MR) is 123 cm³/mol. The fraction of sp³-hybridized carbons (Fsp3) is 0.320. The van der Waals surface area contributed by atoms with E-state index in [2.05, 4.69) is 15.0 Å². The van der Waals surface area contributed by atoms with Crippen molar-refractivity contribution in [3.63, 3.8) is 0 Å². The van der Waals surface area contributed by atoms with E-state index in [9.17, 15) is 4.79 Å². The molecule has 7 heteroatoms. The minimum atomic E-state index is 0.00709. The second-order valence-electron chi connectivity index (χ2n) is 8.06. The molecule has 4 rings (SSSR count). The zero-order valence-corrected chi connectivity index (χ0v) is 18.7. The predicted octanol–water partition coefficient (Wildman–Crippen LogP) is 3.72. The second-order valence-corrected chi connectivity index (χ2v) is 8.06. The number of rotatable bonds is 6. The first kappa shape index (κ1) is 21.8. The van der Waals surface area contributed by atoms with E-state index >= 15 is 0 Å². The minimum absolute atomic E-state index is 0.00709. The van der Waals surface area contributed by atoms with Gasteiger partial charge in [0.25, 0.3) is 0 Å². The molecular weight excluding hydrogens is 404 g/mol. The number of hydrogen-bond acceptors (Lipinski definition) is 6. The summed E-state index contributed by atoms with van der Waals surface area (Å²) in [7, 11) is 1.64. The van der Waals surface area contributed by atoms with Crippen LogP contribution in [0.5, 0.6) is 5.75 Å². The third kappa shape index (κ3) is 5.23. The SMILES string of the molecule is COc1ccc(C)cc1C=CC(=O)N1CCN(Cc2nc(-c3ccc(C)cc3)no2)CC1. The Hall–Kier alpha value is -3.45. The summed E-state index contributed by atoms with van der Waals surface area (Å²) in [6, 6.07) is 14.0. The monoisotopic (exact) mass is 432 g/mol. The number of aryl methyl sites for hydroxylation is 2. The summed E-state index contributed by atoms with van der Waals surface area (Å²) in [5.41, 5.74) is 4.16. The molecule has 2 aromatic carbocycles. The fourth-order valence-electron chi connectivity index (χ4n) is 3.71. The van der Waals surface area contributed by atoms with E-state index in [0.717, 1.165) is 35.5 Å². The molecule has 0 N–H and O–H groups in total. The lowest BCUT2D eigenvalue weighted by molar-refractivity contribution is -0.127. The highest BCUT2D eigenvalue weighted by Crippen LogP contribution is 2.21. The van der Waals surface area contributed by atoms with Gasteiger partial charge in [0.15, 0.2) is 0 Å². The number of carbonyl (C=O) groups excluding carboxylic acids is 1. The van der Waals surface area contributed by atoms with Gasteiger partial charge in [-0.2, -0.15) is 4.98 Å². The van der Waals surface area contributed by atoms with Crippen molar-refractivity contribution < 1.29 is 14.1 Å². The summed E-state index contributed by atoms with van der Waals surface area (Å²) in [5.74, 6) is 1.96. The number of benzene rings is 2. The molecule has 2 heterocycles. The van der Waals surface area contributed by atoms with Gasteiger partial charge in [-0.15, -0.1) is 0 Å². The summed E-state index contributed by atoms with van der Waals surface area (Å²) >= 11 is 0. The highest BCUT2D eigenvalue weighted by molar-refractivity contribution is 5.92. The molecule has 7 nitrogen and oxygen atoms in total. The van der Waals surface area contributed by atoms with E-state index < -0.39 is 0 Å². The van der Waals surface area contributed by atoms with Gasteiger partial charge in [0.05, 0.1) is 13.7 Å². The summed E-state index contributed by atoms with van der Waals surface area (Å²) in [6.07, 6.45) is 3.45. The van der Waals surface area contributed by atoms with Gasteiger partial charge in [0.2, 0.25) is 17.6 Å². The molecule has 0 bridgehead atoms. The molecule has 0 saturated carbocycles. The number of ether oxygens (including phenoxy) is 1. The molecule has 0 atom stereocenters. The van der Waals surface area contributed by atoms with Crippen molar-refractivity contribution in [2.75, 3.05) is 33.3 Å². The molecule has 166 valence electrons. The van der Waals surface area contributed by atoms with Gasteiger partial charge in [-0.3, -0.25) is 9.69 Å². The van der Waals surface area contributed by atoms with E-state index in [-0.39, 0.29) is 5.91 Å². The van der Waals surface area contributed by atoms with Crippen LogP contribution in [0.4, 0.5) is 0 Å². The summed E-state index contributed by atoms with van der Waals surface area (Å²) < 4.78 is 10.8. The molecular formula is C25H28N4O3. The van der Waals surface area contributed by atoms with Crippen LogP contribution >= 0.6 is 0 Å². The topological polar surface area (TPSA) is 71.7 Å². The van der Waals surface area contributed by atoms with E-state index in [4.69, 9.17) is 9.26 Å². The maximum atomic E-state index is 12.6. The van der Waals surface area contributed by atoms with Crippen LogP contribution in [-0.4, -0.2) is 59.1 Å². The van der Waals surface area contributed by atoms with Gasteiger partial charge < -0.3 is 14.2 Å². The average molecular weight is 433 g/mol. The van der Waals surface area contributed by atoms with Gasteiger partial charge in [-0.05, 0) is 32.1 Å². The summed E-state index contributed by atoms with van der Waals surface area (Å²) in [4.78, 5) is 21.3. The Balaban J connectivity index is 1.30. The highest BCUT2D eigenvalue weighted by atomic mass is 16.5. The zero-order chi connectivity index (χ0) is 22.5. The number of nitrogens with zero attached hydrogens (tertiary/aromatic N) is 4. The molecule has 1 amide bonds. The van der Waals surface area contributed by atoms with Crippen LogP contribution in [-0.2, 0) is 11.3 Å². The van der Waals surface area contributed by atoms with Gasteiger partial charge in [-0.1, -0.05) is 46.6 Å². The molecule has 0 unspecified atom stereocenters. The molecule has 0 aliphatic carbocycles. The van der Waals surface area contributed by atoms with Crippen LogP contribution in [0.2, 0.25) is 0 Å². The summed E-state index contributed by atoms with van der Waals surface area (Å²) in [5, 5.41) is 4.10. The second kappa shape index (κ2) is 9.78. The number of amides is 1. The fourth-order valence-corrected chi connectivity index (χ4v) is 3.71. The van der Waals surface area contributed by atoms with Crippen LogP contribution < -0.4 is 4.74 Å². The van der Waals surface area contributed by atoms with Crippen LogP contribution in [0.3, 0.4) is 0 Å². The van der Waals surface area contributed by atoms with Crippen LogP contribution in [0, 0.1) is 13.8 Å². The van der Waals surface area contributed by atoms with Crippen LogP contribution in [0.15, 0.2) is 53.1 Å². The van der Waals surface area contributed by atoms with Crippen molar-refractivity contribution in [3.05, 3.63) is 71.1 Å². The van der Waals surface area contributed by atoms with E-state index in [1.807, 2.05) is 67.3 Å². The number of methoxy groups -OCH3 is 1. The maximum Gasteiger partial charge on any atom is 0.246 e. The number of piperazine rings is 1. The number of carbonyl (C=O) groups is 1. The van der Waals surface area contributed by atoms with Gasteiger partial charge in [0.1, 0.15) is 5.75 Å². The Kier molecular flexibility index (Phi) is 6.66. The van der Waals surface area contributed by atoms with E-state index in [1.165, 1.54) is 5.56 Å². The first-order valence-corrected chi connectivity index (χ1v) is 10.8. The third-order valence-electron chi connectivity index (χ3n) is 5.61. The molecule has 1 fully saturated rings. The molecule has 1 saturated heterocycles. The lowest BCUT2D eigenvalue weighted by Crippen LogP contribution is -2.47. The molecule has 0 radical (unpaired) electrons. The Morgan fingerprint density at radius 3 is 2.50 bits per heavy atom.